The molecule has 1 rings (SSSR count). The number of hydrogen-bond donors (Lipinski definition) is 1. The lowest BCUT2D eigenvalue weighted by atomic mass is 9.95. The van der Waals surface area contributed by atoms with Crippen LogP contribution < -0.4 is 5.32 Å². The summed E-state index contributed by atoms with van der Waals surface area (Å²) in [5.41, 5.74) is 0.603. The van der Waals surface area contributed by atoms with E-state index in [9.17, 15) is 4.79 Å². The summed E-state index contributed by atoms with van der Waals surface area (Å²) in [4.78, 5) is 12.7. The van der Waals surface area contributed by atoms with Crippen molar-refractivity contribution in [2.24, 2.45) is 0 Å². The van der Waals surface area contributed by atoms with Gasteiger partial charge in [0.25, 0.3) is 5.91 Å². The monoisotopic (exact) mass is 293 g/mol. The Balaban J connectivity index is 2.88. The van der Waals surface area contributed by atoms with Crippen LogP contribution >= 0.6 is 34.5 Å². The van der Waals surface area contributed by atoms with Crippen molar-refractivity contribution in [3.05, 3.63) is 20.8 Å². The van der Waals surface area contributed by atoms with Crippen LogP contribution in [0.4, 0.5) is 0 Å². The number of thiophene rings is 1. The number of halogens is 2. The molecule has 1 aromatic rings. The van der Waals surface area contributed by atoms with Gasteiger partial charge in [-0.1, -0.05) is 25.4 Å². The Bertz CT molecular complexity index is 391. The Kier molecular flexibility index (Phi) is 5.29. The standard InChI is InChI=1S/C12H17Cl2NOS/c1-4-12(5-2,7-13)15-11(16)10-9(14)8(3)6-17-10/h6H,4-5,7H2,1-3H3,(H,15,16). The predicted molar refractivity (Wildman–Crippen MR) is 75.6 cm³/mol. The number of amides is 1. The van der Waals surface area contributed by atoms with Gasteiger partial charge in [-0.05, 0) is 30.7 Å². The topological polar surface area (TPSA) is 29.1 Å². The fourth-order valence-electron chi connectivity index (χ4n) is 1.53. The molecule has 0 aromatic carbocycles. The lowest BCUT2D eigenvalue weighted by Crippen LogP contribution is -2.49. The second-order valence-corrected chi connectivity index (χ2v) is 5.66. The van der Waals surface area contributed by atoms with Crippen molar-refractivity contribution in [1.29, 1.82) is 0 Å². The van der Waals surface area contributed by atoms with Crippen molar-refractivity contribution < 1.29 is 4.79 Å². The molecule has 5 heteroatoms. The van der Waals surface area contributed by atoms with Crippen LogP contribution in [0, 0.1) is 6.92 Å². The number of rotatable bonds is 5. The molecule has 96 valence electrons. The minimum Gasteiger partial charge on any atom is -0.345 e. The third kappa shape index (κ3) is 3.15. The summed E-state index contributed by atoms with van der Waals surface area (Å²) in [7, 11) is 0. The predicted octanol–water partition coefficient (Wildman–Crippen LogP) is 4.24. The van der Waals surface area contributed by atoms with Crippen LogP contribution in [0.25, 0.3) is 0 Å². The van der Waals surface area contributed by atoms with Crippen molar-refractivity contribution >= 4 is 40.4 Å². The molecular weight excluding hydrogens is 277 g/mol. The molecule has 0 fully saturated rings. The zero-order valence-electron chi connectivity index (χ0n) is 10.3. The molecular formula is C12H17Cl2NOS. The lowest BCUT2D eigenvalue weighted by molar-refractivity contribution is 0.0907. The van der Waals surface area contributed by atoms with Gasteiger partial charge in [-0.15, -0.1) is 22.9 Å². The normalized spacial score (nSPS) is 11.6. The van der Waals surface area contributed by atoms with Crippen molar-refractivity contribution in [2.45, 2.75) is 39.2 Å². The Labute approximate surface area is 116 Å². The van der Waals surface area contributed by atoms with Gasteiger partial charge < -0.3 is 5.32 Å². The molecule has 0 aliphatic carbocycles. The van der Waals surface area contributed by atoms with Crippen LogP contribution in [-0.2, 0) is 0 Å². The average Bonchev–Trinajstić information content (AvgIpc) is 2.67. The zero-order chi connectivity index (χ0) is 13.1. The quantitative estimate of drug-likeness (QED) is 0.809. The summed E-state index contributed by atoms with van der Waals surface area (Å²) in [6, 6.07) is 0. The highest BCUT2D eigenvalue weighted by atomic mass is 35.5. The summed E-state index contributed by atoms with van der Waals surface area (Å²) < 4.78 is 0. The molecule has 0 unspecified atom stereocenters. The summed E-state index contributed by atoms with van der Waals surface area (Å²) in [6.45, 7) is 5.94. The summed E-state index contributed by atoms with van der Waals surface area (Å²) in [5, 5.41) is 5.44. The highest BCUT2D eigenvalue weighted by Gasteiger charge is 2.28. The van der Waals surface area contributed by atoms with Gasteiger partial charge in [0.05, 0.1) is 10.6 Å². The van der Waals surface area contributed by atoms with Crippen molar-refractivity contribution in [1.82, 2.24) is 5.32 Å². The minimum atomic E-state index is -0.333. The smallest absolute Gasteiger partial charge is 0.263 e. The molecule has 0 saturated heterocycles. The van der Waals surface area contributed by atoms with E-state index in [1.165, 1.54) is 11.3 Å². The number of carbonyl (C=O) groups excluding carboxylic acids is 1. The van der Waals surface area contributed by atoms with Crippen LogP contribution in [0.5, 0.6) is 0 Å². The number of alkyl halides is 1. The number of nitrogens with one attached hydrogen (secondary N) is 1. The van der Waals surface area contributed by atoms with Crippen molar-refractivity contribution in [2.75, 3.05) is 5.88 Å². The summed E-state index contributed by atoms with van der Waals surface area (Å²) in [6.07, 6.45) is 1.61. The van der Waals surface area contributed by atoms with Crippen LogP contribution in [0.1, 0.15) is 41.9 Å². The molecule has 0 radical (unpaired) electrons. The molecule has 2 nitrogen and oxygen atoms in total. The van der Waals surface area contributed by atoms with Crippen molar-refractivity contribution in [3.63, 3.8) is 0 Å². The molecule has 1 aromatic heterocycles. The van der Waals surface area contributed by atoms with Crippen LogP contribution in [0.15, 0.2) is 5.38 Å². The van der Waals surface area contributed by atoms with Gasteiger partial charge in [0.1, 0.15) is 4.88 Å². The van der Waals surface area contributed by atoms with Crippen LogP contribution in [-0.4, -0.2) is 17.3 Å². The lowest BCUT2D eigenvalue weighted by Gasteiger charge is -2.30. The number of carbonyl (C=O) groups is 1. The van der Waals surface area contributed by atoms with Gasteiger partial charge in [0, 0.05) is 5.88 Å². The first-order chi connectivity index (χ1) is 7.99. The van der Waals surface area contributed by atoms with Gasteiger partial charge in [0.15, 0.2) is 0 Å². The SMILES string of the molecule is CCC(CC)(CCl)NC(=O)c1scc(C)c1Cl. The second-order valence-electron chi connectivity index (χ2n) is 4.14. The van der Waals surface area contributed by atoms with Gasteiger partial charge in [-0.3, -0.25) is 4.79 Å². The van der Waals surface area contributed by atoms with E-state index in [1.807, 2.05) is 26.2 Å². The molecule has 0 aliphatic rings. The number of aryl methyl sites for hydroxylation is 1. The zero-order valence-corrected chi connectivity index (χ0v) is 12.6. The molecule has 1 heterocycles. The second kappa shape index (κ2) is 6.07. The number of hydrogen-bond acceptors (Lipinski definition) is 2. The van der Waals surface area contributed by atoms with E-state index in [0.717, 1.165) is 18.4 Å². The maximum atomic E-state index is 12.1. The van der Waals surface area contributed by atoms with E-state index in [0.29, 0.717) is 15.8 Å². The Morgan fingerprint density at radius 3 is 2.41 bits per heavy atom. The molecule has 0 aliphatic heterocycles. The van der Waals surface area contributed by atoms with E-state index >= 15 is 0 Å². The van der Waals surface area contributed by atoms with Crippen molar-refractivity contribution in [3.8, 4) is 0 Å². The Hall–Kier alpha value is -0.250. The minimum absolute atomic E-state index is 0.127. The fourth-order valence-corrected chi connectivity index (χ4v) is 3.15. The maximum absolute atomic E-state index is 12.1. The highest BCUT2D eigenvalue weighted by molar-refractivity contribution is 7.13. The maximum Gasteiger partial charge on any atom is 0.263 e. The highest BCUT2D eigenvalue weighted by Crippen LogP contribution is 2.28. The molecule has 0 bridgehead atoms. The largest absolute Gasteiger partial charge is 0.345 e. The third-order valence-corrected chi connectivity index (χ3v) is 5.30. The first-order valence-corrected chi connectivity index (χ1v) is 7.41. The van der Waals surface area contributed by atoms with E-state index in [2.05, 4.69) is 5.32 Å². The molecule has 0 saturated carbocycles. The van der Waals surface area contributed by atoms with E-state index < -0.39 is 0 Å². The third-order valence-electron chi connectivity index (χ3n) is 3.09. The van der Waals surface area contributed by atoms with Crippen LogP contribution in [0.3, 0.4) is 0 Å². The van der Waals surface area contributed by atoms with E-state index in [4.69, 9.17) is 23.2 Å². The molecule has 1 amide bonds. The molecule has 17 heavy (non-hydrogen) atoms. The van der Waals surface area contributed by atoms with Gasteiger partial charge in [-0.2, -0.15) is 0 Å². The molecule has 0 spiro atoms. The Morgan fingerprint density at radius 2 is 2.06 bits per heavy atom. The van der Waals surface area contributed by atoms with E-state index in [1.54, 1.807) is 0 Å². The molecule has 0 atom stereocenters. The first-order valence-electron chi connectivity index (χ1n) is 5.61. The molecule has 1 N–H and O–H groups in total. The average molecular weight is 294 g/mol. The van der Waals surface area contributed by atoms with Crippen LogP contribution in [0.2, 0.25) is 5.02 Å². The van der Waals surface area contributed by atoms with E-state index in [-0.39, 0.29) is 11.4 Å². The first kappa shape index (κ1) is 14.8. The van der Waals surface area contributed by atoms with Gasteiger partial charge >= 0.3 is 0 Å². The fraction of sp³-hybridized carbons (Fsp3) is 0.583. The van der Waals surface area contributed by atoms with Gasteiger partial charge in [0.2, 0.25) is 0 Å². The summed E-state index contributed by atoms with van der Waals surface area (Å²) in [5.74, 6) is 0.283. The van der Waals surface area contributed by atoms with Gasteiger partial charge in [-0.25, -0.2) is 0 Å². The Morgan fingerprint density at radius 1 is 1.47 bits per heavy atom. The summed E-state index contributed by atoms with van der Waals surface area (Å²) >= 11 is 13.4.